The van der Waals surface area contributed by atoms with Crippen molar-refractivity contribution in [3.63, 3.8) is 0 Å². The third kappa shape index (κ3) is 4.42. The molecule has 1 aliphatic heterocycles. The summed E-state index contributed by atoms with van der Waals surface area (Å²) in [6.07, 6.45) is -1.98. The number of alkyl halides is 3. The van der Waals surface area contributed by atoms with E-state index in [2.05, 4.69) is 5.32 Å². The second-order valence-electron chi connectivity index (χ2n) is 5.97. The molecule has 2 N–H and O–H groups in total. The Bertz CT molecular complexity index is 574. The number of aryl methyl sites for hydroxylation is 1. The van der Waals surface area contributed by atoms with Crippen LogP contribution >= 0.6 is 0 Å². The maximum atomic E-state index is 12.9. The molecule has 2 heterocycles. The minimum atomic E-state index is -4.65. The summed E-state index contributed by atoms with van der Waals surface area (Å²) in [6, 6.07) is 2.57. The fourth-order valence-electron chi connectivity index (χ4n) is 2.74. The summed E-state index contributed by atoms with van der Waals surface area (Å²) >= 11 is 0. The Kier molecular flexibility index (Phi) is 5.40. The van der Waals surface area contributed by atoms with Crippen LogP contribution in [-0.4, -0.2) is 47.3 Å². The lowest BCUT2D eigenvalue weighted by Crippen LogP contribution is -2.43. The van der Waals surface area contributed by atoms with Crippen LogP contribution in [-0.2, 0) is 11.2 Å². The molecular formula is C15H19F3N2O4. The lowest BCUT2D eigenvalue weighted by atomic mass is 9.96. The molecule has 3 atom stereocenters. The van der Waals surface area contributed by atoms with Gasteiger partial charge in [0.1, 0.15) is 5.76 Å². The molecule has 1 aliphatic rings. The summed E-state index contributed by atoms with van der Waals surface area (Å²) < 4.78 is 43.9. The fraction of sp³-hybridized carbons (Fsp3) is 0.600. The maximum Gasteiger partial charge on any atom is 0.394 e. The van der Waals surface area contributed by atoms with Crippen LogP contribution in [0, 0.1) is 11.8 Å². The van der Waals surface area contributed by atoms with Crippen molar-refractivity contribution >= 4 is 12.0 Å². The van der Waals surface area contributed by atoms with E-state index < -0.39 is 43.1 Å². The van der Waals surface area contributed by atoms with E-state index in [4.69, 9.17) is 9.52 Å². The van der Waals surface area contributed by atoms with Crippen molar-refractivity contribution in [1.29, 1.82) is 0 Å². The van der Waals surface area contributed by atoms with Crippen molar-refractivity contribution in [2.45, 2.75) is 32.0 Å². The highest BCUT2D eigenvalue weighted by atomic mass is 19.4. The smallest absolute Gasteiger partial charge is 0.394 e. The first kappa shape index (κ1) is 18.2. The number of nitrogens with zero attached hydrogens (tertiary/aromatic N) is 1. The van der Waals surface area contributed by atoms with Crippen LogP contribution in [0.5, 0.6) is 0 Å². The Labute approximate surface area is 136 Å². The third-order valence-electron chi connectivity index (χ3n) is 4.12. The zero-order chi connectivity index (χ0) is 17.9. The Balaban J connectivity index is 1.89. The fourth-order valence-corrected chi connectivity index (χ4v) is 2.74. The number of halogens is 3. The number of likely N-dealkylation sites (tertiary alicyclic amines) is 1. The highest BCUT2D eigenvalue weighted by Gasteiger charge is 2.53. The zero-order valence-electron chi connectivity index (χ0n) is 13.0. The molecule has 134 valence electrons. The van der Waals surface area contributed by atoms with Gasteiger partial charge in [-0.25, -0.2) is 4.79 Å². The van der Waals surface area contributed by atoms with Gasteiger partial charge < -0.3 is 19.7 Å². The Morgan fingerprint density at radius 2 is 2.17 bits per heavy atom. The highest BCUT2D eigenvalue weighted by molar-refractivity contribution is 5.78. The van der Waals surface area contributed by atoms with Crippen LogP contribution in [0.2, 0.25) is 0 Å². The van der Waals surface area contributed by atoms with Crippen molar-refractivity contribution in [1.82, 2.24) is 10.2 Å². The standard InChI is InChI=1S/C15H19F3N2O4/c1-9(4-5-10-3-2-6-24-10)19-14(23)20-7-11(13(21)22)12(8-20)15(16,17)18/h2-3,6,9,11-12H,4-5,7-8H2,1H3,(H,19,23)(H,21,22)/t9?,11-,12-/m1/s1. The molecule has 0 radical (unpaired) electrons. The Morgan fingerprint density at radius 3 is 2.67 bits per heavy atom. The SMILES string of the molecule is CC(CCc1ccco1)NC(=O)N1C[C@@H](C(F)(F)F)[C@H](C(=O)O)C1. The number of aliphatic carboxylic acids is 1. The molecule has 1 aromatic rings. The minimum absolute atomic E-state index is 0.282. The van der Waals surface area contributed by atoms with E-state index in [9.17, 15) is 22.8 Å². The molecule has 24 heavy (non-hydrogen) atoms. The van der Waals surface area contributed by atoms with E-state index in [0.717, 1.165) is 10.7 Å². The maximum absolute atomic E-state index is 12.9. The van der Waals surface area contributed by atoms with Gasteiger partial charge in [0.2, 0.25) is 0 Å². The van der Waals surface area contributed by atoms with Crippen LogP contribution < -0.4 is 5.32 Å². The van der Waals surface area contributed by atoms with Gasteiger partial charge in [-0.2, -0.15) is 13.2 Å². The summed E-state index contributed by atoms with van der Waals surface area (Å²) in [5.41, 5.74) is 0. The van der Waals surface area contributed by atoms with Crippen LogP contribution in [0.4, 0.5) is 18.0 Å². The van der Waals surface area contributed by atoms with E-state index >= 15 is 0 Å². The summed E-state index contributed by atoms with van der Waals surface area (Å²) in [5, 5.41) is 11.6. The van der Waals surface area contributed by atoms with Crippen LogP contribution in [0.1, 0.15) is 19.1 Å². The predicted octanol–water partition coefficient (Wildman–Crippen LogP) is 2.51. The molecule has 2 rings (SSSR count). The number of carbonyl (C=O) groups is 2. The normalized spacial score (nSPS) is 22.4. The van der Waals surface area contributed by atoms with Crippen molar-refractivity contribution in [3.05, 3.63) is 24.2 Å². The van der Waals surface area contributed by atoms with Gasteiger partial charge in [-0.05, 0) is 25.5 Å². The quantitative estimate of drug-likeness (QED) is 0.856. The summed E-state index contributed by atoms with van der Waals surface area (Å²) in [6.45, 7) is 0.639. The predicted molar refractivity (Wildman–Crippen MR) is 77.3 cm³/mol. The number of hydrogen-bond acceptors (Lipinski definition) is 3. The van der Waals surface area contributed by atoms with Gasteiger partial charge >= 0.3 is 18.2 Å². The number of hydrogen-bond donors (Lipinski definition) is 2. The molecule has 1 fully saturated rings. The second kappa shape index (κ2) is 7.14. The largest absolute Gasteiger partial charge is 0.481 e. The monoisotopic (exact) mass is 348 g/mol. The number of furan rings is 1. The number of carbonyl (C=O) groups excluding carboxylic acids is 1. The van der Waals surface area contributed by atoms with Crippen LogP contribution in [0.15, 0.2) is 22.8 Å². The summed E-state index contributed by atoms with van der Waals surface area (Å²) in [7, 11) is 0. The molecule has 0 aromatic carbocycles. The molecule has 1 unspecified atom stereocenters. The lowest BCUT2D eigenvalue weighted by Gasteiger charge is -2.21. The summed E-state index contributed by atoms with van der Waals surface area (Å²) in [4.78, 5) is 24.0. The number of nitrogens with one attached hydrogen (secondary N) is 1. The molecule has 0 spiro atoms. The number of amides is 2. The topological polar surface area (TPSA) is 82.8 Å². The second-order valence-corrected chi connectivity index (χ2v) is 5.97. The molecule has 6 nitrogen and oxygen atoms in total. The Hall–Kier alpha value is -2.19. The Morgan fingerprint density at radius 1 is 1.46 bits per heavy atom. The first-order chi connectivity index (χ1) is 11.2. The van der Waals surface area contributed by atoms with Crippen LogP contribution in [0.25, 0.3) is 0 Å². The third-order valence-corrected chi connectivity index (χ3v) is 4.12. The first-order valence-electron chi connectivity index (χ1n) is 7.56. The van der Waals surface area contributed by atoms with Crippen molar-refractivity contribution in [2.24, 2.45) is 11.8 Å². The van der Waals surface area contributed by atoms with Gasteiger partial charge in [0.05, 0.1) is 18.1 Å². The highest BCUT2D eigenvalue weighted by Crippen LogP contribution is 2.37. The molecule has 0 saturated carbocycles. The molecule has 9 heteroatoms. The lowest BCUT2D eigenvalue weighted by molar-refractivity contribution is -0.187. The van der Waals surface area contributed by atoms with Gasteiger partial charge in [0, 0.05) is 25.6 Å². The van der Waals surface area contributed by atoms with Gasteiger partial charge in [0.15, 0.2) is 0 Å². The van der Waals surface area contributed by atoms with Crippen LogP contribution in [0.3, 0.4) is 0 Å². The number of urea groups is 1. The number of carboxylic acid groups (broad SMARTS) is 1. The van der Waals surface area contributed by atoms with E-state index in [0.29, 0.717) is 12.8 Å². The summed E-state index contributed by atoms with van der Waals surface area (Å²) in [5.74, 6) is -4.47. The average molecular weight is 348 g/mol. The average Bonchev–Trinajstić information content (AvgIpc) is 3.13. The molecule has 2 amide bonds. The van der Waals surface area contributed by atoms with Gasteiger partial charge in [0.25, 0.3) is 0 Å². The van der Waals surface area contributed by atoms with E-state index in [1.807, 2.05) is 0 Å². The number of carboxylic acids is 1. The van der Waals surface area contributed by atoms with Gasteiger partial charge in [-0.3, -0.25) is 4.79 Å². The van der Waals surface area contributed by atoms with E-state index in [-0.39, 0.29) is 6.04 Å². The van der Waals surface area contributed by atoms with Gasteiger partial charge in [-0.1, -0.05) is 0 Å². The van der Waals surface area contributed by atoms with Gasteiger partial charge in [-0.15, -0.1) is 0 Å². The first-order valence-corrected chi connectivity index (χ1v) is 7.56. The molecule has 1 aromatic heterocycles. The van der Waals surface area contributed by atoms with Crippen molar-refractivity contribution in [2.75, 3.05) is 13.1 Å². The molecule has 1 saturated heterocycles. The molecule has 0 aliphatic carbocycles. The van der Waals surface area contributed by atoms with E-state index in [1.165, 1.54) is 6.26 Å². The van der Waals surface area contributed by atoms with E-state index in [1.54, 1.807) is 19.1 Å². The molecular weight excluding hydrogens is 329 g/mol. The van der Waals surface area contributed by atoms with Crippen molar-refractivity contribution in [3.8, 4) is 0 Å². The minimum Gasteiger partial charge on any atom is -0.481 e. The van der Waals surface area contributed by atoms with Crippen molar-refractivity contribution < 1.29 is 32.3 Å². The number of rotatable bonds is 5. The zero-order valence-corrected chi connectivity index (χ0v) is 13.0. The molecule has 0 bridgehead atoms.